The zero-order valence-corrected chi connectivity index (χ0v) is 15.5. The number of thiocarbonyl (C=S) groups is 2. The van der Waals surface area contributed by atoms with E-state index in [-0.39, 0.29) is 16.5 Å². The Morgan fingerprint density at radius 2 is 1.24 bits per heavy atom. The quantitative estimate of drug-likeness (QED) is 0.305. The van der Waals surface area contributed by atoms with Crippen molar-refractivity contribution in [3.05, 3.63) is 0 Å². The molecule has 0 amide bonds. The van der Waals surface area contributed by atoms with Crippen LogP contribution in [0.2, 0.25) is 0 Å². The standard InChI is InChI=1S/2C4H9NS3.Ni/c2*1-8-3-2-5-4(6)7;/h2*2-3H2,1H3,(H2,5,6,7);/q;;+2/p-2. The SMILES string of the molecule is CSCCNC(=S)[S-].CSCCNC(=S)[S-].[Ni+2]. The molecule has 9 heteroatoms. The molecule has 104 valence electrons. The predicted octanol–water partition coefficient (Wildman–Crippen LogP) is 1.54. The molecular weight excluding hydrogens is 375 g/mol. The number of nitrogens with one attached hydrogen (secondary N) is 2. The molecule has 0 saturated carbocycles. The maximum Gasteiger partial charge on any atom is 2.00 e. The Bertz CT molecular complexity index is 173. The third-order valence-corrected chi connectivity index (χ3v) is 2.95. The van der Waals surface area contributed by atoms with Crippen molar-refractivity contribution in [3.8, 4) is 0 Å². The predicted molar refractivity (Wildman–Crippen MR) is 92.7 cm³/mol. The second-order valence-electron chi connectivity index (χ2n) is 2.41. The van der Waals surface area contributed by atoms with Crippen LogP contribution in [0.1, 0.15) is 0 Å². The van der Waals surface area contributed by atoms with Crippen molar-refractivity contribution in [1.82, 2.24) is 10.6 Å². The molecule has 0 aromatic heterocycles. The van der Waals surface area contributed by atoms with E-state index in [4.69, 9.17) is 0 Å². The Kier molecular flexibility index (Phi) is 27.3. The van der Waals surface area contributed by atoms with Crippen LogP contribution in [-0.2, 0) is 41.7 Å². The van der Waals surface area contributed by atoms with Crippen molar-refractivity contribution in [2.45, 2.75) is 0 Å². The minimum absolute atomic E-state index is 0. The summed E-state index contributed by atoms with van der Waals surface area (Å²) in [5, 5.41) is 5.74. The Hall–Kier alpha value is 1.41. The van der Waals surface area contributed by atoms with Crippen LogP contribution in [0.4, 0.5) is 0 Å². The summed E-state index contributed by atoms with van der Waals surface area (Å²) in [5.74, 6) is 2.13. The smallest absolute Gasteiger partial charge is 0.412 e. The second-order valence-corrected chi connectivity index (χ2v) is 6.54. The van der Waals surface area contributed by atoms with E-state index < -0.39 is 0 Å². The van der Waals surface area contributed by atoms with Crippen LogP contribution < -0.4 is 10.6 Å². The minimum Gasteiger partial charge on any atom is -0.412 e. The molecule has 0 aliphatic carbocycles. The van der Waals surface area contributed by atoms with Crippen molar-refractivity contribution >= 4 is 81.9 Å². The van der Waals surface area contributed by atoms with Gasteiger partial charge in [0.1, 0.15) is 0 Å². The van der Waals surface area contributed by atoms with Crippen LogP contribution >= 0.6 is 48.0 Å². The molecule has 0 saturated heterocycles. The number of hydrogen-bond donors (Lipinski definition) is 2. The Morgan fingerprint density at radius 3 is 1.41 bits per heavy atom. The first-order chi connectivity index (χ1) is 7.54. The summed E-state index contributed by atoms with van der Waals surface area (Å²) < 4.78 is 0.943. The van der Waals surface area contributed by atoms with Gasteiger partial charge in [-0.05, 0) is 12.5 Å². The summed E-state index contributed by atoms with van der Waals surface area (Å²) in [6, 6.07) is 0. The number of thioether (sulfide) groups is 2. The molecule has 0 aliphatic heterocycles. The molecule has 0 bridgehead atoms. The van der Waals surface area contributed by atoms with Gasteiger partial charge < -0.3 is 60.3 Å². The van der Waals surface area contributed by atoms with Crippen molar-refractivity contribution in [3.63, 3.8) is 0 Å². The van der Waals surface area contributed by atoms with E-state index in [1.54, 1.807) is 23.5 Å². The van der Waals surface area contributed by atoms with Gasteiger partial charge in [0.2, 0.25) is 0 Å². The average molecular weight is 391 g/mol. The fourth-order valence-corrected chi connectivity index (χ4v) is 1.53. The molecule has 2 N–H and O–H groups in total. The topological polar surface area (TPSA) is 24.1 Å². The Labute approximate surface area is 145 Å². The van der Waals surface area contributed by atoms with Crippen LogP contribution in [0.5, 0.6) is 0 Å². The van der Waals surface area contributed by atoms with E-state index in [2.05, 4.69) is 60.3 Å². The molecule has 2 nitrogen and oxygen atoms in total. The van der Waals surface area contributed by atoms with Gasteiger partial charge >= 0.3 is 16.5 Å². The molecule has 0 unspecified atom stereocenters. The molecule has 17 heavy (non-hydrogen) atoms. The maximum absolute atomic E-state index is 4.60. The van der Waals surface area contributed by atoms with E-state index in [9.17, 15) is 0 Å². The van der Waals surface area contributed by atoms with Crippen molar-refractivity contribution in [2.75, 3.05) is 37.1 Å². The molecule has 0 heterocycles. The molecule has 0 aliphatic rings. The van der Waals surface area contributed by atoms with Crippen molar-refractivity contribution in [2.24, 2.45) is 0 Å². The molecule has 0 aromatic carbocycles. The summed E-state index contributed by atoms with van der Waals surface area (Å²) >= 11 is 22.0. The maximum atomic E-state index is 4.60. The first-order valence-corrected chi connectivity index (χ1v) is 8.84. The summed E-state index contributed by atoms with van der Waals surface area (Å²) in [4.78, 5) is 0. The molecule has 0 atom stereocenters. The van der Waals surface area contributed by atoms with Gasteiger partial charge in [0.05, 0.1) is 0 Å². The van der Waals surface area contributed by atoms with Crippen LogP contribution in [-0.4, -0.2) is 45.7 Å². The molecule has 0 fully saturated rings. The van der Waals surface area contributed by atoms with Gasteiger partial charge in [0.15, 0.2) is 0 Å². The van der Waals surface area contributed by atoms with E-state index in [1.807, 2.05) is 12.5 Å². The fraction of sp³-hybridized carbons (Fsp3) is 0.750. The third-order valence-electron chi connectivity index (χ3n) is 1.15. The zero-order chi connectivity index (χ0) is 12.8. The second kappa shape index (κ2) is 19.7. The normalized spacial score (nSPS) is 8.12. The largest absolute Gasteiger partial charge is 2.00 e. The fourth-order valence-electron chi connectivity index (χ4n) is 0.510. The summed E-state index contributed by atoms with van der Waals surface area (Å²) in [5.41, 5.74) is 0. The van der Waals surface area contributed by atoms with E-state index in [0.29, 0.717) is 8.64 Å². The number of hydrogen-bond acceptors (Lipinski definition) is 6. The minimum atomic E-state index is 0. The van der Waals surface area contributed by atoms with E-state index >= 15 is 0 Å². The summed E-state index contributed by atoms with van der Waals surface area (Å²) in [7, 11) is 0. The van der Waals surface area contributed by atoms with Crippen LogP contribution in [0.3, 0.4) is 0 Å². The third kappa shape index (κ3) is 31.8. The van der Waals surface area contributed by atoms with E-state index in [1.165, 1.54) is 0 Å². The summed E-state index contributed by atoms with van der Waals surface area (Å²) in [6.45, 7) is 1.78. The van der Waals surface area contributed by atoms with Crippen molar-refractivity contribution in [1.29, 1.82) is 0 Å². The van der Waals surface area contributed by atoms with Crippen LogP contribution in [0.25, 0.3) is 0 Å². The molecule has 0 rings (SSSR count). The van der Waals surface area contributed by atoms with Gasteiger partial charge in [0, 0.05) is 24.6 Å². The van der Waals surface area contributed by atoms with Gasteiger partial charge in [0.25, 0.3) is 0 Å². The van der Waals surface area contributed by atoms with Crippen molar-refractivity contribution < 1.29 is 16.5 Å². The molecular formula is C8H16N2NiS6. The van der Waals surface area contributed by atoms with Crippen LogP contribution in [0, 0.1) is 0 Å². The van der Waals surface area contributed by atoms with E-state index in [0.717, 1.165) is 24.6 Å². The monoisotopic (exact) mass is 390 g/mol. The first kappa shape index (κ1) is 23.5. The Balaban J connectivity index is -0.000000218. The van der Waals surface area contributed by atoms with Gasteiger partial charge in [-0.2, -0.15) is 23.5 Å². The first-order valence-electron chi connectivity index (χ1n) is 4.42. The van der Waals surface area contributed by atoms with Gasteiger partial charge in [-0.3, -0.25) is 0 Å². The van der Waals surface area contributed by atoms with Gasteiger partial charge in [-0.25, -0.2) is 0 Å². The summed E-state index contributed by atoms with van der Waals surface area (Å²) in [6.07, 6.45) is 4.10. The number of rotatable bonds is 6. The zero-order valence-electron chi connectivity index (χ0n) is 9.59. The molecule has 0 aromatic rings. The molecule has 0 radical (unpaired) electrons. The van der Waals surface area contributed by atoms with Gasteiger partial charge in [-0.15, -0.1) is 0 Å². The average Bonchev–Trinajstić information content (AvgIpc) is 2.18. The van der Waals surface area contributed by atoms with Gasteiger partial charge in [-0.1, -0.05) is 8.64 Å². The Morgan fingerprint density at radius 1 is 0.941 bits per heavy atom. The molecule has 0 spiro atoms. The van der Waals surface area contributed by atoms with Crippen LogP contribution in [0.15, 0.2) is 0 Å².